The van der Waals surface area contributed by atoms with Gasteiger partial charge in [0.15, 0.2) is 0 Å². The van der Waals surface area contributed by atoms with E-state index < -0.39 is 0 Å². The fraction of sp³-hybridized carbons (Fsp3) is 0.476. The van der Waals surface area contributed by atoms with Gasteiger partial charge in [-0.25, -0.2) is 0 Å². The molecule has 1 aliphatic carbocycles. The van der Waals surface area contributed by atoms with Crippen LogP contribution in [0.2, 0.25) is 0 Å². The molecular formula is C21H27N3. The van der Waals surface area contributed by atoms with Crippen molar-refractivity contribution < 1.29 is 0 Å². The summed E-state index contributed by atoms with van der Waals surface area (Å²) in [5.41, 5.74) is 3.88. The molecule has 3 heteroatoms. The first-order valence-corrected chi connectivity index (χ1v) is 9.36. The number of benzene rings is 1. The first-order chi connectivity index (χ1) is 11.9. The fourth-order valence-electron chi connectivity index (χ4n) is 4.30. The van der Waals surface area contributed by atoms with Gasteiger partial charge >= 0.3 is 0 Å². The predicted octanol–water partition coefficient (Wildman–Crippen LogP) is 4.61. The van der Waals surface area contributed by atoms with E-state index in [9.17, 15) is 0 Å². The number of nitrogens with one attached hydrogen (secondary N) is 1. The molecular weight excluding hydrogens is 294 g/mol. The highest BCUT2D eigenvalue weighted by Gasteiger charge is 2.26. The molecule has 0 saturated carbocycles. The summed E-state index contributed by atoms with van der Waals surface area (Å²) in [5, 5.41) is 7.67. The summed E-state index contributed by atoms with van der Waals surface area (Å²) in [5.74, 6) is 1.43. The maximum absolute atomic E-state index is 4.36. The highest BCUT2D eigenvalue weighted by Crippen LogP contribution is 2.33. The van der Waals surface area contributed by atoms with Crippen molar-refractivity contribution in [1.82, 2.24) is 15.1 Å². The van der Waals surface area contributed by atoms with Gasteiger partial charge in [0.25, 0.3) is 0 Å². The first kappa shape index (κ1) is 15.6. The van der Waals surface area contributed by atoms with Gasteiger partial charge in [0, 0.05) is 30.3 Å². The van der Waals surface area contributed by atoms with Crippen molar-refractivity contribution in [2.24, 2.45) is 5.92 Å². The van der Waals surface area contributed by atoms with Crippen LogP contribution in [0.25, 0.3) is 11.1 Å². The summed E-state index contributed by atoms with van der Waals surface area (Å²) < 4.78 is 0. The van der Waals surface area contributed by atoms with Crippen LogP contribution in [0.5, 0.6) is 0 Å². The molecule has 1 saturated heterocycles. The first-order valence-electron chi connectivity index (χ1n) is 9.36. The van der Waals surface area contributed by atoms with Crippen molar-refractivity contribution in [1.29, 1.82) is 0 Å². The van der Waals surface area contributed by atoms with Gasteiger partial charge < -0.3 is 4.90 Å². The van der Waals surface area contributed by atoms with Crippen LogP contribution in [0.1, 0.15) is 43.7 Å². The number of hydrogen-bond acceptors (Lipinski definition) is 2. The van der Waals surface area contributed by atoms with E-state index >= 15 is 0 Å². The number of aromatic nitrogens is 2. The molecule has 24 heavy (non-hydrogen) atoms. The second-order valence-electron chi connectivity index (χ2n) is 7.31. The quantitative estimate of drug-likeness (QED) is 0.834. The highest BCUT2D eigenvalue weighted by molar-refractivity contribution is 5.65. The average molecular weight is 321 g/mol. The molecule has 0 unspecified atom stereocenters. The SMILES string of the molecule is C1=CC[C@@H](CN2CCC[C@@H](c3[nH]ncc3-c3ccccc3)C2)CC1. The van der Waals surface area contributed by atoms with Crippen molar-refractivity contribution in [3.05, 3.63) is 54.4 Å². The zero-order valence-corrected chi connectivity index (χ0v) is 14.3. The van der Waals surface area contributed by atoms with Crippen LogP contribution in [0.3, 0.4) is 0 Å². The summed E-state index contributed by atoms with van der Waals surface area (Å²) in [6, 6.07) is 10.7. The van der Waals surface area contributed by atoms with Gasteiger partial charge in [-0.15, -0.1) is 0 Å². The molecule has 1 fully saturated rings. The lowest BCUT2D eigenvalue weighted by Crippen LogP contribution is -2.38. The van der Waals surface area contributed by atoms with E-state index in [4.69, 9.17) is 0 Å². The molecule has 126 valence electrons. The number of H-pyrrole nitrogens is 1. The Bertz CT molecular complexity index is 673. The molecule has 2 heterocycles. The van der Waals surface area contributed by atoms with Crippen LogP contribution in [0, 0.1) is 5.92 Å². The lowest BCUT2D eigenvalue weighted by atomic mass is 9.88. The van der Waals surface area contributed by atoms with Crippen molar-refractivity contribution in [2.45, 2.75) is 38.0 Å². The Labute approximate surface area is 144 Å². The van der Waals surface area contributed by atoms with Crippen LogP contribution in [0.15, 0.2) is 48.7 Å². The third kappa shape index (κ3) is 3.46. The highest BCUT2D eigenvalue weighted by atomic mass is 15.2. The zero-order valence-electron chi connectivity index (χ0n) is 14.3. The second-order valence-corrected chi connectivity index (χ2v) is 7.31. The largest absolute Gasteiger partial charge is 0.302 e. The van der Waals surface area contributed by atoms with E-state index in [0.717, 1.165) is 5.92 Å². The van der Waals surface area contributed by atoms with Gasteiger partial charge in [-0.1, -0.05) is 42.5 Å². The van der Waals surface area contributed by atoms with E-state index in [1.807, 2.05) is 6.20 Å². The topological polar surface area (TPSA) is 31.9 Å². The number of likely N-dealkylation sites (tertiary alicyclic amines) is 1. The molecule has 0 bridgehead atoms. The Hall–Kier alpha value is -1.87. The number of aromatic amines is 1. The number of nitrogens with zero attached hydrogens (tertiary/aromatic N) is 2. The van der Waals surface area contributed by atoms with Crippen molar-refractivity contribution in [3.63, 3.8) is 0 Å². The fourth-order valence-corrected chi connectivity index (χ4v) is 4.30. The van der Waals surface area contributed by atoms with E-state index in [1.165, 1.54) is 68.6 Å². The monoisotopic (exact) mass is 321 g/mol. The third-order valence-corrected chi connectivity index (χ3v) is 5.56. The number of piperidine rings is 1. The van der Waals surface area contributed by atoms with Gasteiger partial charge in [-0.2, -0.15) is 5.10 Å². The van der Waals surface area contributed by atoms with E-state index in [2.05, 4.69) is 57.6 Å². The van der Waals surface area contributed by atoms with Crippen LogP contribution in [-0.4, -0.2) is 34.7 Å². The predicted molar refractivity (Wildman–Crippen MR) is 98.9 cm³/mol. The molecule has 2 aromatic rings. The third-order valence-electron chi connectivity index (χ3n) is 5.56. The van der Waals surface area contributed by atoms with Gasteiger partial charge in [-0.05, 0) is 50.1 Å². The molecule has 4 rings (SSSR count). The van der Waals surface area contributed by atoms with Crippen LogP contribution >= 0.6 is 0 Å². The van der Waals surface area contributed by atoms with Crippen molar-refractivity contribution in [2.75, 3.05) is 19.6 Å². The molecule has 2 aliphatic rings. The number of hydrogen-bond donors (Lipinski definition) is 1. The number of rotatable bonds is 4. The Balaban J connectivity index is 1.47. The molecule has 0 amide bonds. The Morgan fingerprint density at radius 2 is 2.04 bits per heavy atom. The Kier molecular flexibility index (Phi) is 4.79. The smallest absolute Gasteiger partial charge is 0.0568 e. The van der Waals surface area contributed by atoms with Gasteiger partial charge in [0.05, 0.1) is 6.20 Å². The van der Waals surface area contributed by atoms with E-state index in [0.29, 0.717) is 5.92 Å². The molecule has 2 atom stereocenters. The summed E-state index contributed by atoms with van der Waals surface area (Å²) in [6.07, 6.45) is 13.2. The summed E-state index contributed by atoms with van der Waals surface area (Å²) in [7, 11) is 0. The Morgan fingerprint density at radius 1 is 1.12 bits per heavy atom. The van der Waals surface area contributed by atoms with Gasteiger partial charge in [0.1, 0.15) is 0 Å². The zero-order chi connectivity index (χ0) is 16.2. The minimum atomic E-state index is 0.579. The van der Waals surface area contributed by atoms with Crippen molar-refractivity contribution in [3.8, 4) is 11.1 Å². The summed E-state index contributed by atoms with van der Waals surface area (Å²) in [6.45, 7) is 3.68. The van der Waals surface area contributed by atoms with Crippen LogP contribution in [0.4, 0.5) is 0 Å². The number of allylic oxidation sites excluding steroid dienone is 2. The molecule has 3 nitrogen and oxygen atoms in total. The maximum atomic E-state index is 4.36. The van der Waals surface area contributed by atoms with Crippen molar-refractivity contribution >= 4 is 0 Å². The standard InChI is InChI=1S/C21H27N3/c1-3-8-17(9-4-1)15-24-13-7-12-19(16-24)21-20(14-22-23-21)18-10-5-2-6-11-18/h1-3,5-6,10-11,14,17,19H,4,7-9,12-13,15-16H2,(H,22,23)/t17-,19-/m1/s1. The molecule has 0 spiro atoms. The minimum Gasteiger partial charge on any atom is -0.302 e. The van der Waals surface area contributed by atoms with Gasteiger partial charge in [-0.3, -0.25) is 5.10 Å². The van der Waals surface area contributed by atoms with E-state index in [1.54, 1.807) is 0 Å². The minimum absolute atomic E-state index is 0.579. The molecule has 1 aromatic heterocycles. The summed E-state index contributed by atoms with van der Waals surface area (Å²) >= 11 is 0. The molecule has 0 radical (unpaired) electrons. The van der Waals surface area contributed by atoms with Gasteiger partial charge in [0.2, 0.25) is 0 Å². The lowest BCUT2D eigenvalue weighted by molar-refractivity contribution is 0.173. The second kappa shape index (κ2) is 7.35. The average Bonchev–Trinajstić information content (AvgIpc) is 3.13. The van der Waals surface area contributed by atoms with Crippen LogP contribution < -0.4 is 0 Å². The molecule has 1 aliphatic heterocycles. The molecule has 1 aromatic carbocycles. The Morgan fingerprint density at radius 3 is 2.88 bits per heavy atom. The van der Waals surface area contributed by atoms with Crippen LogP contribution in [-0.2, 0) is 0 Å². The van der Waals surface area contributed by atoms with E-state index in [-0.39, 0.29) is 0 Å². The lowest BCUT2D eigenvalue weighted by Gasteiger charge is -2.35. The maximum Gasteiger partial charge on any atom is 0.0568 e. The summed E-state index contributed by atoms with van der Waals surface area (Å²) in [4.78, 5) is 2.69. The normalized spacial score (nSPS) is 25.0. The molecule has 1 N–H and O–H groups in total.